The van der Waals surface area contributed by atoms with Crippen LogP contribution in [0.15, 0.2) is 76.3 Å². The summed E-state index contributed by atoms with van der Waals surface area (Å²) in [5, 5.41) is 4.34. The Balaban J connectivity index is 1.78. The molecule has 0 atom stereocenters. The third kappa shape index (κ3) is 2.74. The van der Waals surface area contributed by atoms with Crippen molar-refractivity contribution >= 4 is 38.2 Å². The second-order valence-corrected chi connectivity index (χ2v) is 6.42. The number of aromatic amines is 2. The predicted molar refractivity (Wildman–Crippen MR) is 102 cm³/mol. The van der Waals surface area contributed by atoms with E-state index in [4.69, 9.17) is 0 Å². The lowest BCUT2D eigenvalue weighted by atomic mass is 10.0. The quantitative estimate of drug-likeness (QED) is 0.467. The lowest BCUT2D eigenvalue weighted by Gasteiger charge is -2.09. The first-order valence-corrected chi connectivity index (χ1v) is 8.32. The van der Waals surface area contributed by atoms with Crippen LogP contribution in [-0.4, -0.2) is 9.97 Å². The summed E-state index contributed by atoms with van der Waals surface area (Å²) in [6.07, 6.45) is 3.57. The van der Waals surface area contributed by atoms with Gasteiger partial charge in [-0.3, -0.25) is 4.79 Å². The number of pyridine rings is 1. The van der Waals surface area contributed by atoms with Crippen LogP contribution in [0.5, 0.6) is 0 Å². The molecular formula is C19H14BrN3O. The molecule has 0 aliphatic carbocycles. The lowest BCUT2D eigenvalue weighted by molar-refractivity contribution is 1.24. The third-order valence-electron chi connectivity index (χ3n) is 3.92. The average Bonchev–Trinajstić information content (AvgIpc) is 3.07. The van der Waals surface area contributed by atoms with Crippen molar-refractivity contribution in [3.05, 3.63) is 81.8 Å². The number of benzene rings is 2. The second kappa shape index (κ2) is 6.02. The fraction of sp³-hybridized carbons (Fsp3) is 0. The van der Waals surface area contributed by atoms with Crippen molar-refractivity contribution in [2.24, 2.45) is 0 Å². The van der Waals surface area contributed by atoms with E-state index in [2.05, 4.69) is 31.2 Å². The Morgan fingerprint density at radius 1 is 0.875 bits per heavy atom. The van der Waals surface area contributed by atoms with E-state index in [1.165, 1.54) is 0 Å². The summed E-state index contributed by atoms with van der Waals surface area (Å²) in [6, 6.07) is 17.7. The van der Waals surface area contributed by atoms with E-state index in [1.807, 2.05) is 60.8 Å². The minimum atomic E-state index is -0.106. The van der Waals surface area contributed by atoms with Crippen molar-refractivity contribution in [1.29, 1.82) is 0 Å². The van der Waals surface area contributed by atoms with E-state index >= 15 is 0 Å². The van der Waals surface area contributed by atoms with Crippen molar-refractivity contribution in [2.75, 3.05) is 5.32 Å². The molecule has 4 rings (SSSR count). The summed E-state index contributed by atoms with van der Waals surface area (Å²) >= 11 is 3.42. The summed E-state index contributed by atoms with van der Waals surface area (Å²) in [5.41, 5.74) is 4.25. The standard InChI is InChI=1S/C19H14BrN3O/c20-12-4-6-13(7-5-12)23-14-10-17(19(24)22-11-14)15-2-1-3-18-16(15)8-9-21-18/h1-11,21,23H,(H,22,24). The molecule has 0 amide bonds. The van der Waals surface area contributed by atoms with Crippen molar-refractivity contribution in [3.63, 3.8) is 0 Å². The van der Waals surface area contributed by atoms with Gasteiger partial charge in [-0.2, -0.15) is 0 Å². The van der Waals surface area contributed by atoms with Crippen LogP contribution in [0.1, 0.15) is 0 Å². The summed E-state index contributed by atoms with van der Waals surface area (Å²) in [6.45, 7) is 0. The Morgan fingerprint density at radius 2 is 1.71 bits per heavy atom. The highest BCUT2D eigenvalue weighted by atomic mass is 79.9. The summed E-state index contributed by atoms with van der Waals surface area (Å²) < 4.78 is 1.02. The first-order chi connectivity index (χ1) is 11.7. The molecule has 2 aromatic heterocycles. The molecule has 0 saturated heterocycles. The van der Waals surface area contributed by atoms with Crippen LogP contribution >= 0.6 is 15.9 Å². The molecular weight excluding hydrogens is 366 g/mol. The maximum Gasteiger partial charge on any atom is 0.255 e. The Morgan fingerprint density at radius 3 is 2.54 bits per heavy atom. The Kier molecular flexibility index (Phi) is 3.70. The molecule has 0 spiro atoms. The van der Waals surface area contributed by atoms with Gasteiger partial charge in [-0.15, -0.1) is 0 Å². The molecule has 4 aromatic rings. The molecule has 0 aliphatic rings. The number of rotatable bonds is 3. The van der Waals surface area contributed by atoms with Crippen LogP contribution in [0.2, 0.25) is 0 Å². The maximum atomic E-state index is 12.3. The topological polar surface area (TPSA) is 60.7 Å². The molecule has 0 fully saturated rings. The highest BCUT2D eigenvalue weighted by molar-refractivity contribution is 9.10. The van der Waals surface area contributed by atoms with Crippen LogP contribution in [0.25, 0.3) is 22.0 Å². The lowest BCUT2D eigenvalue weighted by Crippen LogP contribution is -2.09. The molecule has 0 aliphatic heterocycles. The van der Waals surface area contributed by atoms with Crippen LogP contribution in [-0.2, 0) is 0 Å². The molecule has 0 saturated carbocycles. The number of nitrogens with one attached hydrogen (secondary N) is 3. The van der Waals surface area contributed by atoms with Gasteiger partial charge in [0, 0.05) is 39.0 Å². The fourth-order valence-corrected chi connectivity index (χ4v) is 3.04. The van der Waals surface area contributed by atoms with Gasteiger partial charge in [-0.1, -0.05) is 28.1 Å². The Hall–Kier alpha value is -2.79. The minimum absolute atomic E-state index is 0.106. The molecule has 4 nitrogen and oxygen atoms in total. The zero-order valence-corrected chi connectivity index (χ0v) is 14.2. The average molecular weight is 380 g/mol. The Bertz CT molecular complexity index is 1060. The summed E-state index contributed by atoms with van der Waals surface area (Å²) in [4.78, 5) is 18.3. The first kappa shape index (κ1) is 14.8. The number of hydrogen-bond donors (Lipinski definition) is 3. The molecule has 2 aromatic carbocycles. The van der Waals surface area contributed by atoms with Crippen LogP contribution < -0.4 is 10.9 Å². The van der Waals surface area contributed by atoms with E-state index in [-0.39, 0.29) is 5.56 Å². The van der Waals surface area contributed by atoms with Crippen molar-refractivity contribution < 1.29 is 0 Å². The number of halogens is 1. The SMILES string of the molecule is O=c1[nH]cc(Nc2ccc(Br)cc2)cc1-c1cccc2[nH]ccc12. The highest BCUT2D eigenvalue weighted by Crippen LogP contribution is 2.28. The van der Waals surface area contributed by atoms with Gasteiger partial charge in [-0.05, 0) is 48.0 Å². The molecule has 0 bridgehead atoms. The van der Waals surface area contributed by atoms with E-state index in [9.17, 15) is 4.79 Å². The number of aromatic nitrogens is 2. The van der Waals surface area contributed by atoms with E-state index < -0.39 is 0 Å². The molecule has 2 heterocycles. The van der Waals surface area contributed by atoms with Crippen molar-refractivity contribution in [2.45, 2.75) is 0 Å². The highest BCUT2D eigenvalue weighted by Gasteiger charge is 2.09. The van der Waals surface area contributed by atoms with E-state index in [1.54, 1.807) is 6.20 Å². The van der Waals surface area contributed by atoms with Crippen LogP contribution in [0.3, 0.4) is 0 Å². The first-order valence-electron chi connectivity index (χ1n) is 7.52. The fourth-order valence-electron chi connectivity index (χ4n) is 2.78. The van der Waals surface area contributed by atoms with Crippen molar-refractivity contribution in [1.82, 2.24) is 9.97 Å². The van der Waals surface area contributed by atoms with Gasteiger partial charge in [0.2, 0.25) is 0 Å². The summed E-state index contributed by atoms with van der Waals surface area (Å²) in [5.74, 6) is 0. The monoisotopic (exact) mass is 379 g/mol. The molecule has 0 unspecified atom stereocenters. The van der Waals surface area contributed by atoms with Gasteiger partial charge in [0.15, 0.2) is 0 Å². The second-order valence-electron chi connectivity index (χ2n) is 5.51. The minimum Gasteiger partial charge on any atom is -0.361 e. The van der Waals surface area contributed by atoms with Gasteiger partial charge in [0.1, 0.15) is 0 Å². The molecule has 0 radical (unpaired) electrons. The van der Waals surface area contributed by atoms with Crippen LogP contribution in [0, 0.1) is 0 Å². The van der Waals surface area contributed by atoms with Gasteiger partial charge in [-0.25, -0.2) is 0 Å². The maximum absolute atomic E-state index is 12.3. The van der Waals surface area contributed by atoms with Crippen LogP contribution in [0.4, 0.5) is 11.4 Å². The van der Waals surface area contributed by atoms with Gasteiger partial charge in [0.25, 0.3) is 5.56 Å². The molecule has 5 heteroatoms. The molecule has 3 N–H and O–H groups in total. The largest absolute Gasteiger partial charge is 0.361 e. The summed E-state index contributed by atoms with van der Waals surface area (Å²) in [7, 11) is 0. The normalized spacial score (nSPS) is 10.9. The van der Waals surface area contributed by atoms with Crippen molar-refractivity contribution in [3.8, 4) is 11.1 Å². The molecule has 24 heavy (non-hydrogen) atoms. The van der Waals surface area contributed by atoms with Gasteiger partial charge >= 0.3 is 0 Å². The zero-order chi connectivity index (χ0) is 16.5. The van der Waals surface area contributed by atoms with Gasteiger partial charge < -0.3 is 15.3 Å². The number of anilines is 2. The zero-order valence-electron chi connectivity index (χ0n) is 12.6. The molecule has 118 valence electrons. The Labute approximate surface area is 146 Å². The van der Waals surface area contributed by atoms with E-state index in [0.29, 0.717) is 5.56 Å². The predicted octanol–water partition coefficient (Wildman–Crippen LogP) is 5.03. The number of hydrogen-bond acceptors (Lipinski definition) is 2. The van der Waals surface area contributed by atoms with Gasteiger partial charge in [0.05, 0.1) is 5.69 Å². The smallest absolute Gasteiger partial charge is 0.255 e. The van der Waals surface area contributed by atoms with E-state index in [0.717, 1.165) is 32.3 Å². The third-order valence-corrected chi connectivity index (χ3v) is 4.45. The number of fused-ring (bicyclic) bond motifs is 1. The number of H-pyrrole nitrogens is 2.